The van der Waals surface area contributed by atoms with Crippen LogP contribution in [0.3, 0.4) is 0 Å². The van der Waals surface area contributed by atoms with Crippen LogP contribution in [-0.2, 0) is 20.9 Å². The number of hydrogen-bond donors (Lipinski definition) is 2. The molecule has 1 spiro atoms. The first-order valence-electron chi connectivity index (χ1n) is 9.88. The van der Waals surface area contributed by atoms with Crippen molar-refractivity contribution in [3.05, 3.63) is 29.8 Å². The predicted octanol–water partition coefficient (Wildman–Crippen LogP) is 2.08. The Morgan fingerprint density at radius 1 is 1.07 bits per heavy atom. The Morgan fingerprint density at radius 2 is 1.77 bits per heavy atom. The maximum atomic E-state index is 12.6. The fraction of sp³-hybridized carbons (Fsp3) is 0.450. The van der Waals surface area contributed by atoms with Crippen molar-refractivity contribution in [1.29, 1.82) is 0 Å². The van der Waals surface area contributed by atoms with Gasteiger partial charge in [-0.3, -0.25) is 29.0 Å². The van der Waals surface area contributed by atoms with Crippen molar-refractivity contribution < 1.29 is 24.0 Å². The zero-order valence-corrected chi connectivity index (χ0v) is 17.1. The van der Waals surface area contributed by atoms with Gasteiger partial charge < -0.3 is 10.6 Å². The SMILES string of the molecule is O=C(CCN1C(=O)NC2(CCCC2)C1=O)Nc1ccc(CN2C(=O)CSC2=O)cc1. The average molecular weight is 430 g/mol. The van der Waals surface area contributed by atoms with Crippen LogP contribution in [0.2, 0.25) is 0 Å². The molecule has 0 aromatic heterocycles. The minimum absolute atomic E-state index is 0.00496. The maximum Gasteiger partial charge on any atom is 0.325 e. The molecule has 0 radical (unpaired) electrons. The lowest BCUT2D eigenvalue weighted by Crippen LogP contribution is -2.44. The molecule has 30 heavy (non-hydrogen) atoms. The number of amides is 6. The van der Waals surface area contributed by atoms with Gasteiger partial charge in [0.2, 0.25) is 11.8 Å². The topological polar surface area (TPSA) is 116 Å². The summed E-state index contributed by atoms with van der Waals surface area (Å²) in [7, 11) is 0. The van der Waals surface area contributed by atoms with E-state index in [0.717, 1.165) is 35.1 Å². The van der Waals surface area contributed by atoms with Crippen LogP contribution in [-0.4, -0.2) is 56.6 Å². The van der Waals surface area contributed by atoms with E-state index in [4.69, 9.17) is 0 Å². The van der Waals surface area contributed by atoms with Gasteiger partial charge in [-0.2, -0.15) is 0 Å². The highest BCUT2D eigenvalue weighted by molar-refractivity contribution is 8.14. The van der Waals surface area contributed by atoms with Crippen LogP contribution >= 0.6 is 11.8 Å². The summed E-state index contributed by atoms with van der Waals surface area (Å²) in [6, 6.07) is 6.42. The van der Waals surface area contributed by atoms with E-state index in [0.29, 0.717) is 18.5 Å². The fourth-order valence-corrected chi connectivity index (χ4v) is 4.77. The Morgan fingerprint density at radius 3 is 2.40 bits per heavy atom. The highest BCUT2D eigenvalue weighted by Gasteiger charge is 2.52. The minimum atomic E-state index is -0.764. The van der Waals surface area contributed by atoms with Gasteiger partial charge >= 0.3 is 6.03 Å². The van der Waals surface area contributed by atoms with E-state index < -0.39 is 11.6 Å². The molecule has 4 rings (SSSR count). The van der Waals surface area contributed by atoms with E-state index >= 15 is 0 Å². The summed E-state index contributed by atoms with van der Waals surface area (Å²) in [6.07, 6.45) is 3.13. The van der Waals surface area contributed by atoms with E-state index in [2.05, 4.69) is 10.6 Å². The first-order chi connectivity index (χ1) is 14.4. The number of nitrogens with one attached hydrogen (secondary N) is 2. The molecule has 2 N–H and O–H groups in total. The number of anilines is 1. The lowest BCUT2D eigenvalue weighted by Gasteiger charge is -2.19. The standard InChI is InChI=1S/C20H22N4O5S/c25-15(7-10-23-17(27)20(22-18(23)28)8-1-2-9-20)21-14-5-3-13(4-6-14)11-24-16(26)12-30-19(24)29/h3-6H,1-2,7-12H2,(H,21,25)(H,22,28). The monoisotopic (exact) mass is 430 g/mol. The van der Waals surface area contributed by atoms with Crippen LogP contribution in [0.15, 0.2) is 24.3 Å². The van der Waals surface area contributed by atoms with Crippen molar-refractivity contribution in [2.45, 2.75) is 44.2 Å². The second kappa shape index (κ2) is 8.10. The molecule has 158 valence electrons. The summed E-state index contributed by atoms with van der Waals surface area (Å²) in [6.45, 7) is 0.236. The summed E-state index contributed by atoms with van der Waals surface area (Å²) >= 11 is 0.991. The molecule has 2 aliphatic heterocycles. The quantitative estimate of drug-likeness (QED) is 0.668. The third kappa shape index (κ3) is 3.91. The number of nitrogens with zero attached hydrogens (tertiary/aromatic N) is 2. The Kier molecular flexibility index (Phi) is 5.50. The Labute approximate surface area is 177 Å². The van der Waals surface area contributed by atoms with Crippen molar-refractivity contribution in [3.63, 3.8) is 0 Å². The number of benzene rings is 1. The zero-order valence-electron chi connectivity index (χ0n) is 16.3. The lowest BCUT2D eigenvalue weighted by atomic mass is 9.98. The van der Waals surface area contributed by atoms with Gasteiger partial charge in [-0.15, -0.1) is 0 Å². The van der Waals surface area contributed by atoms with Gasteiger partial charge in [-0.1, -0.05) is 36.7 Å². The third-order valence-electron chi connectivity index (χ3n) is 5.68. The van der Waals surface area contributed by atoms with E-state index in [1.807, 2.05) is 0 Å². The molecular weight excluding hydrogens is 408 g/mol. The fourth-order valence-electron chi connectivity index (χ4n) is 4.04. The molecule has 9 nitrogen and oxygen atoms in total. The molecule has 1 aliphatic carbocycles. The number of carbonyl (C=O) groups excluding carboxylic acids is 5. The van der Waals surface area contributed by atoms with Crippen molar-refractivity contribution in [2.75, 3.05) is 17.6 Å². The lowest BCUT2D eigenvalue weighted by molar-refractivity contribution is -0.131. The number of rotatable bonds is 6. The second-order valence-corrected chi connectivity index (χ2v) is 8.63. The summed E-state index contributed by atoms with van der Waals surface area (Å²) in [5.41, 5.74) is 0.570. The normalized spacial score (nSPS) is 20.4. The maximum absolute atomic E-state index is 12.6. The highest BCUT2D eigenvalue weighted by Crippen LogP contribution is 2.35. The highest BCUT2D eigenvalue weighted by atomic mass is 32.2. The first kappa shape index (κ1) is 20.4. The molecule has 0 unspecified atom stereocenters. The number of thioether (sulfide) groups is 1. The van der Waals surface area contributed by atoms with Crippen LogP contribution in [0.1, 0.15) is 37.7 Å². The predicted molar refractivity (Wildman–Crippen MR) is 110 cm³/mol. The van der Waals surface area contributed by atoms with Gasteiger partial charge in [0.1, 0.15) is 5.54 Å². The molecule has 0 atom stereocenters. The average Bonchev–Trinajstić information content (AvgIpc) is 3.38. The van der Waals surface area contributed by atoms with Crippen LogP contribution in [0.4, 0.5) is 15.3 Å². The number of urea groups is 1. The molecule has 2 saturated heterocycles. The molecule has 1 aromatic rings. The second-order valence-electron chi connectivity index (χ2n) is 7.71. The molecule has 1 saturated carbocycles. The van der Waals surface area contributed by atoms with Crippen molar-refractivity contribution in [2.24, 2.45) is 0 Å². The van der Waals surface area contributed by atoms with Gasteiger partial charge in [-0.25, -0.2) is 4.79 Å². The van der Waals surface area contributed by atoms with Gasteiger partial charge in [0.25, 0.3) is 11.1 Å². The summed E-state index contributed by atoms with van der Waals surface area (Å²) < 4.78 is 0. The molecule has 3 fully saturated rings. The van der Waals surface area contributed by atoms with Crippen LogP contribution in [0.5, 0.6) is 0 Å². The summed E-state index contributed by atoms with van der Waals surface area (Å²) in [4.78, 5) is 62.7. The molecule has 1 aromatic carbocycles. The van der Waals surface area contributed by atoms with E-state index in [1.165, 1.54) is 4.90 Å². The number of imide groups is 2. The molecule has 10 heteroatoms. The molecule has 0 bridgehead atoms. The largest absolute Gasteiger partial charge is 0.326 e. The van der Waals surface area contributed by atoms with Gasteiger partial charge in [0, 0.05) is 18.7 Å². The third-order valence-corrected chi connectivity index (χ3v) is 6.54. The van der Waals surface area contributed by atoms with Crippen LogP contribution in [0, 0.1) is 0 Å². The van der Waals surface area contributed by atoms with Crippen molar-refractivity contribution in [3.8, 4) is 0 Å². The van der Waals surface area contributed by atoms with Crippen LogP contribution < -0.4 is 10.6 Å². The first-order valence-corrected chi connectivity index (χ1v) is 10.9. The Hall–Kier alpha value is -2.88. The number of carbonyl (C=O) groups is 5. The van der Waals surface area contributed by atoms with Gasteiger partial charge in [-0.05, 0) is 30.5 Å². The van der Waals surface area contributed by atoms with Crippen molar-refractivity contribution >= 4 is 46.4 Å². The molecule has 3 aliphatic rings. The van der Waals surface area contributed by atoms with Gasteiger partial charge in [0.15, 0.2) is 0 Å². The smallest absolute Gasteiger partial charge is 0.325 e. The van der Waals surface area contributed by atoms with Gasteiger partial charge in [0.05, 0.1) is 12.3 Å². The molecule has 2 heterocycles. The van der Waals surface area contributed by atoms with Crippen molar-refractivity contribution in [1.82, 2.24) is 15.1 Å². The number of hydrogen-bond acceptors (Lipinski definition) is 6. The molecular formula is C20H22N4O5S. The van der Waals surface area contributed by atoms with E-state index in [9.17, 15) is 24.0 Å². The van der Waals surface area contributed by atoms with Crippen LogP contribution in [0.25, 0.3) is 0 Å². The Balaban J connectivity index is 1.28. The summed E-state index contributed by atoms with van der Waals surface area (Å²) in [5.74, 6) is -0.573. The summed E-state index contributed by atoms with van der Waals surface area (Å²) in [5, 5.41) is 5.28. The molecule has 6 amide bonds. The zero-order chi connectivity index (χ0) is 21.3. The Bertz CT molecular complexity index is 894. The van der Waals surface area contributed by atoms with E-state index in [1.54, 1.807) is 24.3 Å². The van der Waals surface area contributed by atoms with E-state index in [-0.39, 0.29) is 48.2 Å². The minimum Gasteiger partial charge on any atom is -0.326 e.